The summed E-state index contributed by atoms with van der Waals surface area (Å²) in [5.74, 6) is 0.0379. The Hall–Kier alpha value is -1.95. The first-order valence-electron chi connectivity index (χ1n) is 10.1. The largest absolute Gasteiger partial charge is 0.369 e. The van der Waals surface area contributed by atoms with Crippen LogP contribution in [0.4, 0.5) is 10.5 Å². The molecule has 2 aromatic rings. The summed E-state index contributed by atoms with van der Waals surface area (Å²) in [5, 5.41) is 0.790. The van der Waals surface area contributed by atoms with E-state index in [-0.39, 0.29) is 23.2 Å². The average molecular weight is 475 g/mol. The predicted molar refractivity (Wildman–Crippen MR) is 130 cm³/mol. The molecular formula is C24H24Cl2N2O2S. The number of hydrogen-bond donors (Lipinski definition) is 0. The van der Waals surface area contributed by atoms with Gasteiger partial charge in [0, 0.05) is 28.3 Å². The SMILES string of the molecule is C[C@H]1CC(C)(C)N(C)c2cc(Cl)c(/C=C3\SC(=O)N(Cc4ccccc4Cl)C3=O)cc21. The number of amides is 2. The van der Waals surface area contributed by atoms with Crippen molar-refractivity contribution >= 4 is 57.9 Å². The number of benzene rings is 2. The van der Waals surface area contributed by atoms with Crippen LogP contribution in [0.25, 0.3) is 6.08 Å². The standard InChI is InChI=1S/C24H24Cl2N2O2S/c1-14-12-24(2,3)27(4)20-11-19(26)16(9-17(14)20)10-21-22(29)28(23(30)31-21)13-15-7-5-6-8-18(15)25/h5-11,14H,12-13H2,1-4H3/b21-10-/t14-/m0/s1. The lowest BCUT2D eigenvalue weighted by atomic mass is 9.80. The van der Waals surface area contributed by atoms with Crippen LogP contribution in [0.2, 0.25) is 10.0 Å². The molecule has 1 saturated heterocycles. The van der Waals surface area contributed by atoms with Gasteiger partial charge in [-0.05, 0) is 78.9 Å². The summed E-state index contributed by atoms with van der Waals surface area (Å²) >= 11 is 13.8. The van der Waals surface area contributed by atoms with Crippen molar-refractivity contribution in [3.05, 3.63) is 68.0 Å². The van der Waals surface area contributed by atoms with Gasteiger partial charge in [-0.2, -0.15) is 0 Å². The first-order valence-corrected chi connectivity index (χ1v) is 11.7. The zero-order chi connectivity index (χ0) is 22.5. The first-order chi connectivity index (χ1) is 14.6. The molecule has 0 aromatic heterocycles. The molecule has 4 rings (SSSR count). The third-order valence-electron chi connectivity index (χ3n) is 6.20. The van der Waals surface area contributed by atoms with Gasteiger partial charge in [-0.3, -0.25) is 14.5 Å². The fraction of sp³-hybridized carbons (Fsp3) is 0.333. The number of nitrogens with zero attached hydrogens (tertiary/aromatic N) is 2. The van der Waals surface area contributed by atoms with Crippen LogP contribution in [-0.2, 0) is 11.3 Å². The number of carbonyl (C=O) groups is 2. The van der Waals surface area contributed by atoms with Crippen LogP contribution in [-0.4, -0.2) is 28.6 Å². The van der Waals surface area contributed by atoms with Gasteiger partial charge in [-0.15, -0.1) is 0 Å². The Kier molecular flexibility index (Phi) is 5.88. The minimum atomic E-state index is -0.324. The van der Waals surface area contributed by atoms with E-state index in [1.807, 2.05) is 24.3 Å². The van der Waals surface area contributed by atoms with Crippen molar-refractivity contribution in [2.24, 2.45) is 0 Å². The van der Waals surface area contributed by atoms with E-state index < -0.39 is 0 Å². The zero-order valence-corrected chi connectivity index (χ0v) is 20.2. The molecule has 2 aliphatic rings. The van der Waals surface area contributed by atoms with E-state index >= 15 is 0 Å². The topological polar surface area (TPSA) is 40.6 Å². The summed E-state index contributed by atoms with van der Waals surface area (Å²) in [6.45, 7) is 6.81. The summed E-state index contributed by atoms with van der Waals surface area (Å²) in [5.41, 5.74) is 3.84. The molecule has 2 aromatic carbocycles. The van der Waals surface area contributed by atoms with Crippen LogP contribution in [0.1, 0.15) is 49.8 Å². The molecule has 0 spiro atoms. The van der Waals surface area contributed by atoms with E-state index in [0.717, 1.165) is 35.0 Å². The summed E-state index contributed by atoms with van der Waals surface area (Å²) in [6.07, 6.45) is 2.75. The molecule has 2 amide bonds. The molecule has 2 aliphatic heterocycles. The minimum absolute atomic E-state index is 0.0403. The van der Waals surface area contributed by atoms with E-state index in [4.69, 9.17) is 23.2 Å². The monoisotopic (exact) mass is 474 g/mol. The van der Waals surface area contributed by atoms with Gasteiger partial charge in [-0.1, -0.05) is 48.3 Å². The lowest BCUT2D eigenvalue weighted by Gasteiger charge is -2.45. The van der Waals surface area contributed by atoms with Gasteiger partial charge in [0.25, 0.3) is 11.1 Å². The maximum Gasteiger partial charge on any atom is 0.293 e. The lowest BCUT2D eigenvalue weighted by molar-refractivity contribution is -0.123. The summed E-state index contributed by atoms with van der Waals surface area (Å²) < 4.78 is 0. The number of carbonyl (C=O) groups excluding carboxylic acids is 2. The Bertz CT molecular complexity index is 1110. The summed E-state index contributed by atoms with van der Waals surface area (Å²) in [7, 11) is 2.08. The van der Waals surface area contributed by atoms with Crippen molar-refractivity contribution in [1.82, 2.24) is 4.90 Å². The molecule has 7 heteroatoms. The molecule has 1 atom stereocenters. The Morgan fingerprint density at radius 3 is 2.58 bits per heavy atom. The second-order valence-electron chi connectivity index (χ2n) is 8.77. The van der Waals surface area contributed by atoms with Gasteiger partial charge < -0.3 is 4.90 Å². The van der Waals surface area contributed by atoms with Crippen LogP contribution >= 0.6 is 35.0 Å². The molecule has 0 unspecified atom stereocenters. The fourth-order valence-corrected chi connectivity index (χ4v) is 5.53. The van der Waals surface area contributed by atoms with E-state index in [1.165, 1.54) is 10.5 Å². The maximum atomic E-state index is 13.0. The predicted octanol–water partition coefficient (Wildman–Crippen LogP) is 6.95. The Morgan fingerprint density at radius 1 is 1.16 bits per heavy atom. The van der Waals surface area contributed by atoms with Crippen molar-refractivity contribution < 1.29 is 9.59 Å². The molecule has 0 saturated carbocycles. The highest BCUT2D eigenvalue weighted by Crippen LogP contribution is 2.45. The van der Waals surface area contributed by atoms with E-state index in [9.17, 15) is 9.59 Å². The van der Waals surface area contributed by atoms with Crippen molar-refractivity contribution in [3.63, 3.8) is 0 Å². The molecule has 0 aliphatic carbocycles. The van der Waals surface area contributed by atoms with Crippen LogP contribution < -0.4 is 4.90 Å². The number of fused-ring (bicyclic) bond motifs is 1. The maximum absolute atomic E-state index is 13.0. The van der Waals surface area contributed by atoms with Gasteiger partial charge in [0.15, 0.2) is 0 Å². The smallest absolute Gasteiger partial charge is 0.293 e. The van der Waals surface area contributed by atoms with Crippen LogP contribution in [0.3, 0.4) is 0 Å². The second-order valence-corrected chi connectivity index (χ2v) is 10.6. The molecule has 0 radical (unpaired) electrons. The van der Waals surface area contributed by atoms with Crippen molar-refractivity contribution in [2.45, 2.75) is 45.2 Å². The number of rotatable bonds is 3. The minimum Gasteiger partial charge on any atom is -0.369 e. The summed E-state index contributed by atoms with van der Waals surface area (Å²) in [4.78, 5) is 29.3. The van der Waals surface area contributed by atoms with Crippen LogP contribution in [0.5, 0.6) is 0 Å². The fourth-order valence-electron chi connectivity index (χ4n) is 4.29. The molecule has 4 nitrogen and oxygen atoms in total. The van der Waals surface area contributed by atoms with Crippen molar-refractivity contribution in [3.8, 4) is 0 Å². The third-order valence-corrected chi connectivity index (χ3v) is 7.80. The molecule has 0 N–H and O–H groups in total. The molecule has 1 fully saturated rings. The number of anilines is 1. The Balaban J connectivity index is 1.65. The number of hydrogen-bond acceptors (Lipinski definition) is 4. The first kappa shape index (κ1) is 22.3. The zero-order valence-electron chi connectivity index (χ0n) is 17.9. The highest BCUT2D eigenvalue weighted by atomic mass is 35.5. The van der Waals surface area contributed by atoms with E-state index in [0.29, 0.717) is 20.9 Å². The van der Waals surface area contributed by atoms with E-state index in [1.54, 1.807) is 12.1 Å². The Labute approximate surface area is 197 Å². The normalized spacial score (nSPS) is 21.7. The third kappa shape index (κ3) is 4.11. The van der Waals surface area contributed by atoms with Crippen molar-refractivity contribution in [1.29, 1.82) is 0 Å². The molecule has 2 heterocycles. The van der Waals surface area contributed by atoms with Gasteiger partial charge in [0.2, 0.25) is 0 Å². The molecule has 31 heavy (non-hydrogen) atoms. The number of imide groups is 1. The quantitative estimate of drug-likeness (QED) is 0.451. The highest BCUT2D eigenvalue weighted by molar-refractivity contribution is 8.18. The van der Waals surface area contributed by atoms with Gasteiger partial charge in [-0.25, -0.2) is 0 Å². The van der Waals surface area contributed by atoms with Gasteiger partial charge in [0.05, 0.1) is 11.4 Å². The van der Waals surface area contributed by atoms with Gasteiger partial charge >= 0.3 is 0 Å². The molecule has 0 bridgehead atoms. The lowest BCUT2D eigenvalue weighted by Crippen LogP contribution is -2.45. The average Bonchev–Trinajstić information content (AvgIpc) is 2.96. The van der Waals surface area contributed by atoms with E-state index in [2.05, 4.69) is 38.8 Å². The highest BCUT2D eigenvalue weighted by Gasteiger charge is 2.37. The summed E-state index contributed by atoms with van der Waals surface area (Å²) in [6, 6.07) is 11.2. The number of thioether (sulfide) groups is 1. The Morgan fingerprint density at radius 2 is 1.87 bits per heavy atom. The molecule has 162 valence electrons. The van der Waals surface area contributed by atoms with Gasteiger partial charge in [0.1, 0.15) is 0 Å². The number of halogens is 2. The molecular weight excluding hydrogens is 451 g/mol. The van der Waals surface area contributed by atoms with Crippen LogP contribution in [0.15, 0.2) is 41.3 Å². The van der Waals surface area contributed by atoms with Crippen LogP contribution in [0, 0.1) is 0 Å². The second kappa shape index (κ2) is 8.19. The van der Waals surface area contributed by atoms with Crippen molar-refractivity contribution in [2.75, 3.05) is 11.9 Å².